The van der Waals surface area contributed by atoms with Gasteiger partial charge in [-0.15, -0.1) is 0 Å². The zero-order valence-electron chi connectivity index (χ0n) is 9.15. The van der Waals surface area contributed by atoms with E-state index in [1.165, 1.54) is 0 Å². The molecule has 0 N–H and O–H groups in total. The highest BCUT2D eigenvalue weighted by molar-refractivity contribution is 7.93. The van der Waals surface area contributed by atoms with Gasteiger partial charge in [-0.25, -0.2) is 4.21 Å². The summed E-state index contributed by atoms with van der Waals surface area (Å²) < 4.78 is 16.7. The molecule has 1 rings (SSSR count). The van der Waals surface area contributed by atoms with Crippen molar-refractivity contribution in [2.45, 2.75) is 24.5 Å². The molecule has 14 heavy (non-hydrogen) atoms. The Morgan fingerprint density at radius 2 is 1.64 bits per heavy atom. The van der Waals surface area contributed by atoms with E-state index in [-0.39, 0.29) is 0 Å². The lowest BCUT2D eigenvalue weighted by Crippen LogP contribution is -2.19. The fraction of sp³-hybridized carbons (Fsp3) is 0.400. The highest BCUT2D eigenvalue weighted by atomic mass is 32.2. The summed E-state index contributed by atoms with van der Waals surface area (Å²) in [6.45, 7) is 6.29. The molecule has 0 heterocycles. The standard InChI is InChI=1S/C10H17NOSSi/c1-13(12,11-14(2,3)4)10-8-6-5-7-9-10/h5-9H,1-4H3/t13-/m0/s1. The van der Waals surface area contributed by atoms with Gasteiger partial charge in [0, 0.05) is 11.2 Å². The van der Waals surface area contributed by atoms with Crippen LogP contribution in [0.2, 0.25) is 19.6 Å². The molecule has 0 spiro atoms. The molecule has 0 unspecified atom stereocenters. The molecule has 78 valence electrons. The molecule has 0 bridgehead atoms. The fourth-order valence-corrected chi connectivity index (χ4v) is 6.51. The van der Waals surface area contributed by atoms with Crippen molar-refractivity contribution in [2.75, 3.05) is 6.26 Å². The molecule has 0 saturated heterocycles. The summed E-state index contributed by atoms with van der Waals surface area (Å²) in [6.07, 6.45) is 1.72. The Morgan fingerprint density at radius 3 is 2.07 bits per heavy atom. The van der Waals surface area contributed by atoms with E-state index in [9.17, 15) is 4.21 Å². The van der Waals surface area contributed by atoms with Gasteiger partial charge in [0.2, 0.25) is 0 Å². The molecule has 0 aliphatic carbocycles. The Labute approximate surface area is 87.6 Å². The van der Waals surface area contributed by atoms with E-state index in [1.54, 1.807) is 6.26 Å². The van der Waals surface area contributed by atoms with Crippen molar-refractivity contribution in [1.82, 2.24) is 0 Å². The topological polar surface area (TPSA) is 29.4 Å². The van der Waals surface area contributed by atoms with Gasteiger partial charge in [-0.3, -0.25) is 4.03 Å². The van der Waals surface area contributed by atoms with Crippen LogP contribution in [0.4, 0.5) is 0 Å². The van der Waals surface area contributed by atoms with E-state index in [4.69, 9.17) is 0 Å². The second kappa shape index (κ2) is 3.86. The number of hydrogen-bond acceptors (Lipinski definition) is 2. The lowest BCUT2D eigenvalue weighted by atomic mass is 10.4. The first-order chi connectivity index (χ1) is 6.31. The van der Waals surface area contributed by atoms with Crippen LogP contribution in [-0.2, 0) is 9.73 Å². The monoisotopic (exact) mass is 227 g/mol. The summed E-state index contributed by atoms with van der Waals surface area (Å²) in [5.41, 5.74) is 0. The summed E-state index contributed by atoms with van der Waals surface area (Å²) in [5.74, 6) is 0. The van der Waals surface area contributed by atoms with Gasteiger partial charge in [0.25, 0.3) is 0 Å². The lowest BCUT2D eigenvalue weighted by molar-refractivity contribution is 0.681. The Bertz CT molecular complexity index is 413. The van der Waals surface area contributed by atoms with E-state index in [0.717, 1.165) is 4.90 Å². The second-order valence-electron chi connectivity index (χ2n) is 4.38. The van der Waals surface area contributed by atoms with E-state index >= 15 is 0 Å². The minimum atomic E-state index is -2.18. The number of rotatable bonds is 2. The first kappa shape index (κ1) is 11.5. The fourth-order valence-electron chi connectivity index (χ4n) is 1.25. The van der Waals surface area contributed by atoms with Crippen LogP contribution < -0.4 is 0 Å². The van der Waals surface area contributed by atoms with Gasteiger partial charge in [-0.2, -0.15) is 0 Å². The largest absolute Gasteiger partial charge is 0.274 e. The molecule has 2 nitrogen and oxygen atoms in total. The zero-order chi connectivity index (χ0) is 10.8. The average molecular weight is 227 g/mol. The SMILES string of the molecule is C[Si](C)(C)N=[S@@](C)(=O)c1ccccc1. The second-order valence-corrected chi connectivity index (χ2v) is 11.5. The summed E-state index contributed by atoms with van der Waals surface area (Å²) >= 11 is 0. The predicted octanol–water partition coefficient (Wildman–Crippen LogP) is 2.98. The Morgan fingerprint density at radius 1 is 1.14 bits per heavy atom. The van der Waals surface area contributed by atoms with Gasteiger partial charge in [0.05, 0.1) is 9.73 Å². The molecule has 0 aliphatic heterocycles. The quantitative estimate of drug-likeness (QED) is 0.714. The Kier molecular flexibility index (Phi) is 3.16. The van der Waals surface area contributed by atoms with Crippen molar-refractivity contribution in [1.29, 1.82) is 0 Å². The first-order valence-corrected chi connectivity index (χ1v) is 9.97. The highest BCUT2D eigenvalue weighted by Gasteiger charge is 2.15. The van der Waals surface area contributed by atoms with Crippen LogP contribution in [0.1, 0.15) is 0 Å². The summed E-state index contributed by atoms with van der Waals surface area (Å²) in [6, 6.07) is 9.49. The van der Waals surface area contributed by atoms with Crippen molar-refractivity contribution in [3.05, 3.63) is 30.3 Å². The van der Waals surface area contributed by atoms with Crippen LogP contribution >= 0.6 is 0 Å². The average Bonchev–Trinajstić information content (AvgIpc) is 2.01. The van der Waals surface area contributed by atoms with Gasteiger partial charge >= 0.3 is 0 Å². The molecular weight excluding hydrogens is 210 g/mol. The number of benzene rings is 1. The van der Waals surface area contributed by atoms with Crippen molar-refractivity contribution in [2.24, 2.45) is 4.03 Å². The Hall–Kier alpha value is -0.613. The third-order valence-corrected chi connectivity index (χ3v) is 6.36. The minimum absolute atomic E-state index is 0.836. The van der Waals surface area contributed by atoms with Gasteiger partial charge in [0.15, 0.2) is 8.24 Å². The van der Waals surface area contributed by atoms with Gasteiger partial charge in [-0.05, 0) is 31.8 Å². The van der Waals surface area contributed by atoms with E-state index in [2.05, 4.69) is 23.7 Å². The van der Waals surface area contributed by atoms with Crippen LogP contribution in [0.5, 0.6) is 0 Å². The van der Waals surface area contributed by atoms with Crippen molar-refractivity contribution in [3.63, 3.8) is 0 Å². The molecular formula is C10H17NOSSi. The molecule has 0 fully saturated rings. The van der Waals surface area contributed by atoms with Crippen molar-refractivity contribution in [3.8, 4) is 0 Å². The van der Waals surface area contributed by atoms with Crippen molar-refractivity contribution < 1.29 is 4.21 Å². The highest BCUT2D eigenvalue weighted by Crippen LogP contribution is 2.15. The number of nitrogens with zero attached hydrogens (tertiary/aromatic N) is 1. The maximum atomic E-state index is 12.3. The molecule has 0 aliphatic rings. The third kappa shape index (κ3) is 3.27. The molecule has 0 saturated carbocycles. The van der Waals surface area contributed by atoms with Crippen molar-refractivity contribution >= 4 is 18.0 Å². The number of hydrogen-bond donors (Lipinski definition) is 0. The van der Waals surface area contributed by atoms with Crippen LogP contribution in [-0.4, -0.2) is 18.7 Å². The molecule has 4 heteroatoms. The smallest absolute Gasteiger partial charge is 0.185 e. The van der Waals surface area contributed by atoms with E-state index in [0.29, 0.717) is 0 Å². The first-order valence-electron chi connectivity index (χ1n) is 4.60. The Balaban J connectivity index is 3.23. The summed E-state index contributed by atoms with van der Waals surface area (Å²) in [4.78, 5) is 0.836. The lowest BCUT2D eigenvalue weighted by Gasteiger charge is -2.12. The molecule has 0 aromatic heterocycles. The van der Waals surface area contributed by atoms with Crippen LogP contribution in [0.15, 0.2) is 39.3 Å². The molecule has 1 atom stereocenters. The normalized spacial score (nSPS) is 16.0. The predicted molar refractivity (Wildman–Crippen MR) is 64.5 cm³/mol. The van der Waals surface area contributed by atoms with Gasteiger partial charge < -0.3 is 0 Å². The van der Waals surface area contributed by atoms with Crippen LogP contribution in [0.3, 0.4) is 0 Å². The molecule has 1 aromatic rings. The maximum absolute atomic E-state index is 12.3. The molecule has 1 aromatic carbocycles. The van der Waals surface area contributed by atoms with Gasteiger partial charge in [-0.1, -0.05) is 18.2 Å². The summed E-state index contributed by atoms with van der Waals surface area (Å²) in [5, 5.41) is 0. The zero-order valence-corrected chi connectivity index (χ0v) is 11.0. The van der Waals surface area contributed by atoms with Crippen LogP contribution in [0.25, 0.3) is 0 Å². The van der Waals surface area contributed by atoms with Crippen LogP contribution in [0, 0.1) is 0 Å². The summed E-state index contributed by atoms with van der Waals surface area (Å²) in [7, 11) is -3.81. The van der Waals surface area contributed by atoms with E-state index < -0.39 is 18.0 Å². The van der Waals surface area contributed by atoms with Gasteiger partial charge in [0.1, 0.15) is 0 Å². The minimum Gasteiger partial charge on any atom is -0.274 e. The molecule has 0 radical (unpaired) electrons. The third-order valence-electron chi connectivity index (χ3n) is 1.63. The maximum Gasteiger partial charge on any atom is 0.185 e. The van der Waals surface area contributed by atoms with E-state index in [1.807, 2.05) is 30.3 Å². The molecule has 0 amide bonds.